The fourth-order valence-corrected chi connectivity index (χ4v) is 4.89. The van der Waals surface area contributed by atoms with Gasteiger partial charge in [-0.2, -0.15) is 4.31 Å². The highest BCUT2D eigenvalue weighted by atomic mass is 32.2. The topological polar surface area (TPSA) is 101 Å². The quantitative estimate of drug-likeness (QED) is 0.777. The van der Waals surface area contributed by atoms with Gasteiger partial charge >= 0.3 is 0 Å². The number of aryl methyl sites for hydroxylation is 1. The van der Waals surface area contributed by atoms with Gasteiger partial charge in [0.15, 0.2) is 0 Å². The number of nitrogens with two attached hydrogens (primary N) is 1. The minimum absolute atomic E-state index is 0.0568. The van der Waals surface area contributed by atoms with Gasteiger partial charge in [-0.15, -0.1) is 0 Å². The molecule has 2 aromatic rings. The number of hydrogen-bond acceptors (Lipinski definition) is 4. The first-order chi connectivity index (χ1) is 13.7. The van der Waals surface area contributed by atoms with Crippen molar-refractivity contribution in [2.24, 2.45) is 5.73 Å². The number of amides is 2. The molecule has 1 aliphatic heterocycles. The summed E-state index contributed by atoms with van der Waals surface area (Å²) in [4.78, 5) is 25.5. The molecule has 7 nitrogen and oxygen atoms in total. The molecule has 0 aliphatic carbocycles. The molecule has 3 rings (SSSR count). The van der Waals surface area contributed by atoms with E-state index in [4.69, 9.17) is 5.73 Å². The number of nitrogens with zero attached hydrogens (tertiary/aromatic N) is 2. The fourth-order valence-electron chi connectivity index (χ4n) is 3.35. The van der Waals surface area contributed by atoms with E-state index in [1.54, 1.807) is 54.6 Å². The largest absolute Gasteiger partial charge is 0.368 e. The van der Waals surface area contributed by atoms with Crippen molar-refractivity contribution >= 4 is 21.8 Å². The van der Waals surface area contributed by atoms with Crippen LogP contribution in [0.1, 0.15) is 17.2 Å². The smallest absolute Gasteiger partial charge is 0.251 e. The molecular weight excluding hydrogens is 390 g/mol. The number of hydrogen-bond donors (Lipinski definition) is 1. The highest BCUT2D eigenvalue weighted by molar-refractivity contribution is 7.89. The summed E-state index contributed by atoms with van der Waals surface area (Å²) in [5.74, 6) is -1.07. The van der Waals surface area contributed by atoms with E-state index in [1.807, 2.05) is 13.0 Å². The number of likely N-dealkylation sites (N-methyl/N-ethyl adjacent to an activating group) is 1. The van der Waals surface area contributed by atoms with Gasteiger partial charge in [-0.25, -0.2) is 8.42 Å². The Hall–Kier alpha value is -2.97. The maximum Gasteiger partial charge on any atom is 0.251 e. The monoisotopic (exact) mass is 413 g/mol. The van der Waals surface area contributed by atoms with E-state index in [-0.39, 0.29) is 18.0 Å². The van der Waals surface area contributed by atoms with Crippen LogP contribution in [0.2, 0.25) is 0 Å². The highest BCUT2D eigenvalue weighted by Gasteiger charge is 2.41. The number of carbonyl (C=O) groups is 2. The summed E-state index contributed by atoms with van der Waals surface area (Å²) in [6, 6.07) is 14.8. The Morgan fingerprint density at radius 2 is 1.72 bits per heavy atom. The molecule has 2 amide bonds. The summed E-state index contributed by atoms with van der Waals surface area (Å²) in [6.07, 6.45) is 1.60. The molecule has 0 radical (unpaired) electrons. The van der Waals surface area contributed by atoms with Crippen LogP contribution in [0, 0.1) is 6.92 Å². The van der Waals surface area contributed by atoms with Crippen molar-refractivity contribution in [1.29, 1.82) is 0 Å². The van der Waals surface area contributed by atoms with E-state index >= 15 is 0 Å². The van der Waals surface area contributed by atoms with Gasteiger partial charge < -0.3 is 10.6 Å². The Bertz CT molecular complexity index is 1050. The average molecular weight is 413 g/mol. The van der Waals surface area contributed by atoms with Crippen molar-refractivity contribution in [2.75, 3.05) is 20.1 Å². The molecular formula is C21H23N3O4S. The van der Waals surface area contributed by atoms with Crippen LogP contribution in [0.3, 0.4) is 0 Å². The molecule has 8 heteroatoms. The van der Waals surface area contributed by atoms with E-state index in [0.717, 1.165) is 5.56 Å². The minimum atomic E-state index is -3.85. The second-order valence-corrected chi connectivity index (χ2v) is 8.88. The van der Waals surface area contributed by atoms with Crippen molar-refractivity contribution in [3.63, 3.8) is 0 Å². The molecule has 29 heavy (non-hydrogen) atoms. The lowest BCUT2D eigenvalue weighted by Crippen LogP contribution is -2.39. The van der Waals surface area contributed by atoms with Crippen molar-refractivity contribution in [3.05, 3.63) is 77.4 Å². The zero-order valence-corrected chi connectivity index (χ0v) is 17.1. The van der Waals surface area contributed by atoms with Crippen molar-refractivity contribution < 1.29 is 18.0 Å². The normalized spacial score (nSPS) is 17.0. The molecule has 0 saturated carbocycles. The summed E-state index contributed by atoms with van der Waals surface area (Å²) < 4.78 is 28.0. The molecule has 1 atom stereocenters. The predicted molar refractivity (Wildman–Crippen MR) is 109 cm³/mol. The lowest BCUT2D eigenvalue weighted by atomic mass is 10.00. The maximum atomic E-state index is 13.3. The van der Waals surface area contributed by atoms with Gasteiger partial charge in [0.1, 0.15) is 0 Å². The number of benzene rings is 2. The maximum absolute atomic E-state index is 13.3. The summed E-state index contributed by atoms with van der Waals surface area (Å²) in [5.41, 5.74) is 7.13. The SMILES string of the molecule is Cc1ccc(S(=O)(=O)N2CC=C(C(=O)N(C)CC(N)=O)C2c2ccccc2)cc1. The van der Waals surface area contributed by atoms with Crippen molar-refractivity contribution in [3.8, 4) is 0 Å². The van der Waals surface area contributed by atoms with E-state index in [0.29, 0.717) is 11.1 Å². The van der Waals surface area contributed by atoms with Crippen LogP contribution < -0.4 is 5.73 Å². The Morgan fingerprint density at radius 1 is 1.10 bits per heavy atom. The predicted octanol–water partition coefficient (Wildman–Crippen LogP) is 1.61. The molecule has 0 spiro atoms. The Labute approximate surface area is 170 Å². The lowest BCUT2D eigenvalue weighted by molar-refractivity contribution is -0.131. The molecule has 1 unspecified atom stereocenters. The van der Waals surface area contributed by atoms with E-state index < -0.39 is 27.9 Å². The molecule has 2 aromatic carbocycles. The minimum Gasteiger partial charge on any atom is -0.368 e. The molecule has 0 fully saturated rings. The second-order valence-electron chi connectivity index (χ2n) is 6.99. The first kappa shape index (κ1) is 20.8. The van der Waals surface area contributed by atoms with E-state index in [2.05, 4.69) is 0 Å². The summed E-state index contributed by atoms with van der Waals surface area (Å²) in [7, 11) is -2.38. The first-order valence-corrected chi connectivity index (χ1v) is 10.5. The Kier molecular flexibility index (Phi) is 5.86. The Balaban J connectivity index is 2.02. The van der Waals surface area contributed by atoms with Gasteiger partial charge in [-0.3, -0.25) is 9.59 Å². The van der Waals surface area contributed by atoms with Crippen LogP contribution in [0.15, 0.2) is 71.1 Å². The third-order valence-corrected chi connectivity index (χ3v) is 6.65. The summed E-state index contributed by atoms with van der Waals surface area (Å²) >= 11 is 0. The van der Waals surface area contributed by atoms with Gasteiger partial charge in [-0.1, -0.05) is 54.1 Å². The van der Waals surface area contributed by atoms with Crippen LogP contribution in [0.25, 0.3) is 0 Å². The highest BCUT2D eigenvalue weighted by Crippen LogP contribution is 2.38. The molecule has 1 heterocycles. The standard InChI is InChI=1S/C21H23N3O4S/c1-15-8-10-17(11-9-15)29(27,28)24-13-12-18(21(26)23(2)14-19(22)25)20(24)16-6-4-3-5-7-16/h3-12,20H,13-14H2,1-2H3,(H2,22,25). The molecule has 0 saturated heterocycles. The number of sulfonamides is 1. The van der Waals surface area contributed by atoms with Crippen LogP contribution in [-0.4, -0.2) is 49.6 Å². The van der Waals surface area contributed by atoms with Gasteiger partial charge in [0.05, 0.1) is 17.5 Å². The average Bonchev–Trinajstić information content (AvgIpc) is 3.13. The van der Waals surface area contributed by atoms with Crippen molar-refractivity contribution in [2.45, 2.75) is 17.9 Å². The second kappa shape index (κ2) is 8.18. The molecule has 0 bridgehead atoms. The van der Waals surface area contributed by atoms with Crippen LogP contribution in [0.4, 0.5) is 0 Å². The molecule has 152 valence electrons. The molecule has 0 aromatic heterocycles. The van der Waals surface area contributed by atoms with Crippen LogP contribution in [0.5, 0.6) is 0 Å². The van der Waals surface area contributed by atoms with Gasteiger partial charge in [0.25, 0.3) is 5.91 Å². The van der Waals surface area contributed by atoms with Crippen LogP contribution >= 0.6 is 0 Å². The van der Waals surface area contributed by atoms with E-state index in [1.165, 1.54) is 16.3 Å². The van der Waals surface area contributed by atoms with Gasteiger partial charge in [0.2, 0.25) is 15.9 Å². The first-order valence-electron chi connectivity index (χ1n) is 9.09. The summed E-state index contributed by atoms with van der Waals surface area (Å²) in [6.45, 7) is 1.69. The number of primary amides is 1. The zero-order valence-electron chi connectivity index (χ0n) is 16.3. The third kappa shape index (κ3) is 4.23. The third-order valence-electron chi connectivity index (χ3n) is 4.80. The molecule has 1 aliphatic rings. The summed E-state index contributed by atoms with van der Waals surface area (Å²) in [5, 5.41) is 0. The van der Waals surface area contributed by atoms with Crippen molar-refractivity contribution in [1.82, 2.24) is 9.21 Å². The van der Waals surface area contributed by atoms with Gasteiger partial charge in [0, 0.05) is 19.2 Å². The van der Waals surface area contributed by atoms with E-state index in [9.17, 15) is 18.0 Å². The fraction of sp³-hybridized carbons (Fsp3) is 0.238. The van der Waals surface area contributed by atoms with Crippen LogP contribution in [-0.2, 0) is 19.6 Å². The number of rotatable bonds is 6. The lowest BCUT2D eigenvalue weighted by Gasteiger charge is -2.28. The Morgan fingerprint density at radius 3 is 2.31 bits per heavy atom. The zero-order chi connectivity index (χ0) is 21.2. The molecule has 2 N–H and O–H groups in total. The van der Waals surface area contributed by atoms with Gasteiger partial charge in [-0.05, 0) is 24.6 Å². The number of carbonyl (C=O) groups excluding carboxylic acids is 2.